The lowest BCUT2D eigenvalue weighted by Crippen LogP contribution is -2.05. The number of benzene rings is 2. The summed E-state index contributed by atoms with van der Waals surface area (Å²) in [6.07, 6.45) is 3.89. The van der Waals surface area contributed by atoms with Crippen LogP contribution >= 0.6 is 0 Å². The molecule has 0 fully saturated rings. The predicted octanol–water partition coefficient (Wildman–Crippen LogP) is 4.74. The third-order valence-corrected chi connectivity index (χ3v) is 4.72. The molecule has 28 heavy (non-hydrogen) atoms. The van der Waals surface area contributed by atoms with E-state index >= 15 is 0 Å². The Bertz CT molecular complexity index is 1210. The minimum atomic E-state index is -0.102. The van der Waals surface area contributed by atoms with Crippen molar-refractivity contribution in [2.75, 3.05) is 5.32 Å². The molecule has 2 aromatic carbocycles. The molecule has 0 atom stereocenters. The summed E-state index contributed by atoms with van der Waals surface area (Å²) in [5.41, 5.74) is 6.25. The van der Waals surface area contributed by atoms with Crippen molar-refractivity contribution in [3.8, 4) is 28.5 Å². The summed E-state index contributed by atoms with van der Waals surface area (Å²) in [4.78, 5) is 16.0. The van der Waals surface area contributed by atoms with Crippen molar-refractivity contribution >= 4 is 22.5 Å². The lowest BCUT2D eigenvalue weighted by atomic mass is 9.95. The van der Waals surface area contributed by atoms with E-state index in [1.54, 1.807) is 0 Å². The van der Waals surface area contributed by atoms with Crippen molar-refractivity contribution in [3.05, 3.63) is 72.6 Å². The maximum Gasteiger partial charge on any atom is 0.221 e. The van der Waals surface area contributed by atoms with E-state index in [2.05, 4.69) is 17.5 Å². The van der Waals surface area contributed by atoms with E-state index in [0.717, 1.165) is 39.0 Å². The molecule has 5 nitrogen and oxygen atoms in total. The molecule has 0 bridgehead atoms. The van der Waals surface area contributed by atoms with Gasteiger partial charge in [-0.2, -0.15) is 5.26 Å². The number of fused-ring (bicyclic) bond motifs is 1. The Kier molecular flexibility index (Phi) is 4.38. The highest BCUT2D eigenvalue weighted by molar-refractivity contribution is 6.01. The molecule has 0 saturated heterocycles. The van der Waals surface area contributed by atoms with Crippen molar-refractivity contribution in [1.29, 1.82) is 5.26 Å². The van der Waals surface area contributed by atoms with Crippen molar-refractivity contribution in [2.24, 2.45) is 7.05 Å². The smallest absolute Gasteiger partial charge is 0.221 e. The zero-order valence-electron chi connectivity index (χ0n) is 15.6. The van der Waals surface area contributed by atoms with Crippen LogP contribution in [0.1, 0.15) is 12.5 Å². The Labute approximate surface area is 162 Å². The van der Waals surface area contributed by atoms with Gasteiger partial charge in [-0.25, -0.2) is 0 Å². The largest absolute Gasteiger partial charge is 0.349 e. The van der Waals surface area contributed by atoms with Gasteiger partial charge in [-0.05, 0) is 35.9 Å². The summed E-state index contributed by atoms with van der Waals surface area (Å²) in [6.45, 7) is 1.49. The molecule has 136 valence electrons. The summed E-state index contributed by atoms with van der Waals surface area (Å²) < 4.78 is 2.04. The monoisotopic (exact) mass is 366 g/mol. The molecule has 0 spiro atoms. The van der Waals surface area contributed by atoms with Gasteiger partial charge >= 0.3 is 0 Å². The second-order valence-corrected chi connectivity index (χ2v) is 6.66. The summed E-state index contributed by atoms with van der Waals surface area (Å²) in [5, 5.41) is 13.0. The summed E-state index contributed by atoms with van der Waals surface area (Å²) in [7, 11) is 1.99. The number of amides is 1. The highest BCUT2D eigenvalue weighted by Gasteiger charge is 2.15. The average Bonchev–Trinajstić information content (AvgIpc) is 3.08. The zero-order valence-corrected chi connectivity index (χ0v) is 15.6. The van der Waals surface area contributed by atoms with Gasteiger partial charge in [0.25, 0.3) is 0 Å². The first-order valence-electron chi connectivity index (χ1n) is 8.89. The quantitative estimate of drug-likeness (QED) is 0.569. The van der Waals surface area contributed by atoms with Crippen LogP contribution in [-0.2, 0) is 11.8 Å². The number of nitrogens with one attached hydrogen (secondary N) is 1. The Balaban J connectivity index is 1.90. The zero-order chi connectivity index (χ0) is 19.7. The highest BCUT2D eigenvalue weighted by atomic mass is 16.1. The Hall–Kier alpha value is -3.91. The van der Waals surface area contributed by atoms with Crippen LogP contribution < -0.4 is 5.32 Å². The van der Waals surface area contributed by atoms with Crippen LogP contribution in [-0.4, -0.2) is 15.5 Å². The highest BCUT2D eigenvalue weighted by Crippen LogP contribution is 2.37. The van der Waals surface area contributed by atoms with Gasteiger partial charge in [0, 0.05) is 42.4 Å². The molecule has 0 aliphatic carbocycles. The van der Waals surface area contributed by atoms with Gasteiger partial charge < -0.3 is 9.88 Å². The molecule has 1 N–H and O–H groups in total. The molecule has 1 amide bonds. The topological polar surface area (TPSA) is 70.7 Å². The summed E-state index contributed by atoms with van der Waals surface area (Å²) in [6, 6.07) is 19.4. The minimum Gasteiger partial charge on any atom is -0.349 e. The first kappa shape index (κ1) is 17.5. The molecule has 2 aromatic heterocycles. The normalized spacial score (nSPS) is 10.6. The van der Waals surface area contributed by atoms with Gasteiger partial charge in [0.05, 0.1) is 29.0 Å². The average molecular weight is 366 g/mol. The second-order valence-electron chi connectivity index (χ2n) is 6.66. The Morgan fingerprint density at radius 2 is 1.71 bits per heavy atom. The molecule has 0 radical (unpaired) electrons. The first-order chi connectivity index (χ1) is 13.6. The van der Waals surface area contributed by atoms with E-state index in [0.29, 0.717) is 5.56 Å². The standard InChI is InChI=1S/C23H18N4O/c1-15(28)26-19-9-7-18(8-10-19)23-22(17-5-3-16(13-24)4-6-17)20-11-12-27(2)21(20)14-25-23/h3-12,14H,1-2H3,(H,26,28). The van der Waals surface area contributed by atoms with Crippen LogP contribution in [0.2, 0.25) is 0 Å². The van der Waals surface area contributed by atoms with Crippen LogP contribution in [0.25, 0.3) is 33.3 Å². The summed E-state index contributed by atoms with van der Waals surface area (Å²) in [5.74, 6) is -0.102. The van der Waals surface area contributed by atoms with Crippen LogP contribution in [0, 0.1) is 11.3 Å². The van der Waals surface area contributed by atoms with E-state index in [9.17, 15) is 4.79 Å². The summed E-state index contributed by atoms with van der Waals surface area (Å²) >= 11 is 0. The minimum absolute atomic E-state index is 0.102. The number of aromatic nitrogens is 2. The molecular weight excluding hydrogens is 348 g/mol. The number of hydrogen-bond acceptors (Lipinski definition) is 3. The number of carbonyl (C=O) groups excluding carboxylic acids is 1. The number of anilines is 1. The van der Waals surface area contributed by atoms with Crippen LogP contribution in [0.15, 0.2) is 67.0 Å². The Morgan fingerprint density at radius 3 is 2.36 bits per heavy atom. The fourth-order valence-electron chi connectivity index (χ4n) is 3.37. The van der Waals surface area contributed by atoms with E-state index in [1.165, 1.54) is 6.92 Å². The molecule has 4 aromatic rings. The van der Waals surface area contributed by atoms with Gasteiger partial charge in [-0.1, -0.05) is 24.3 Å². The van der Waals surface area contributed by atoms with Gasteiger partial charge in [0.1, 0.15) is 0 Å². The third kappa shape index (κ3) is 3.12. The number of hydrogen-bond donors (Lipinski definition) is 1. The molecule has 0 aliphatic rings. The number of nitriles is 1. The molecule has 5 heteroatoms. The van der Waals surface area contributed by atoms with E-state index < -0.39 is 0 Å². The van der Waals surface area contributed by atoms with E-state index in [1.807, 2.05) is 72.5 Å². The van der Waals surface area contributed by atoms with E-state index in [4.69, 9.17) is 10.2 Å². The van der Waals surface area contributed by atoms with Crippen molar-refractivity contribution < 1.29 is 4.79 Å². The Morgan fingerprint density at radius 1 is 1.04 bits per heavy atom. The maximum absolute atomic E-state index is 11.3. The molecule has 0 unspecified atom stereocenters. The first-order valence-corrected chi connectivity index (χ1v) is 8.89. The number of pyridine rings is 1. The molecule has 0 aliphatic heterocycles. The fraction of sp³-hybridized carbons (Fsp3) is 0.0870. The van der Waals surface area contributed by atoms with Crippen molar-refractivity contribution in [2.45, 2.75) is 6.92 Å². The van der Waals surface area contributed by atoms with Gasteiger partial charge in [0.2, 0.25) is 5.91 Å². The number of aryl methyl sites for hydroxylation is 1. The van der Waals surface area contributed by atoms with Crippen LogP contribution in [0.3, 0.4) is 0 Å². The third-order valence-electron chi connectivity index (χ3n) is 4.72. The SMILES string of the molecule is CC(=O)Nc1ccc(-c2ncc3c(ccn3C)c2-c2ccc(C#N)cc2)cc1. The lowest BCUT2D eigenvalue weighted by Gasteiger charge is -2.12. The van der Waals surface area contributed by atoms with E-state index in [-0.39, 0.29) is 5.91 Å². The van der Waals surface area contributed by atoms with Crippen molar-refractivity contribution in [3.63, 3.8) is 0 Å². The molecule has 4 rings (SSSR count). The second kappa shape index (κ2) is 7.01. The van der Waals surface area contributed by atoms with Crippen LogP contribution in [0.4, 0.5) is 5.69 Å². The number of nitrogens with zero attached hydrogens (tertiary/aromatic N) is 3. The maximum atomic E-state index is 11.3. The van der Waals surface area contributed by atoms with Gasteiger partial charge in [0.15, 0.2) is 0 Å². The predicted molar refractivity (Wildman–Crippen MR) is 111 cm³/mol. The fourth-order valence-corrected chi connectivity index (χ4v) is 3.37. The molecule has 2 heterocycles. The van der Waals surface area contributed by atoms with Gasteiger partial charge in [-0.3, -0.25) is 9.78 Å². The molecular formula is C23H18N4O. The van der Waals surface area contributed by atoms with Gasteiger partial charge in [-0.15, -0.1) is 0 Å². The lowest BCUT2D eigenvalue weighted by molar-refractivity contribution is -0.114. The number of carbonyl (C=O) groups is 1. The van der Waals surface area contributed by atoms with Crippen molar-refractivity contribution in [1.82, 2.24) is 9.55 Å². The molecule has 0 saturated carbocycles. The number of rotatable bonds is 3. The van der Waals surface area contributed by atoms with Crippen LogP contribution in [0.5, 0.6) is 0 Å².